The maximum absolute atomic E-state index is 5.62. The third kappa shape index (κ3) is 2.95. The number of ether oxygens (including phenoxy) is 2. The molecule has 14 heavy (non-hydrogen) atoms. The van der Waals surface area contributed by atoms with E-state index in [2.05, 4.69) is 6.92 Å². The van der Waals surface area contributed by atoms with Gasteiger partial charge >= 0.3 is 0 Å². The molecule has 2 heteroatoms. The molecule has 78 valence electrons. The maximum atomic E-state index is 5.62. The standard InChI is InChI=1S/C12H18O2/c1-4-5-8-14-12-7-6-11(13-3)9-10(12)2/h6-7,9H,4-5,8H2,1-3H3. The molecule has 1 aromatic carbocycles. The van der Waals surface area contributed by atoms with Crippen molar-refractivity contribution in [2.45, 2.75) is 26.7 Å². The molecule has 0 N–H and O–H groups in total. The van der Waals surface area contributed by atoms with E-state index in [9.17, 15) is 0 Å². The highest BCUT2D eigenvalue weighted by atomic mass is 16.5. The summed E-state index contributed by atoms with van der Waals surface area (Å²) in [5.41, 5.74) is 1.13. The largest absolute Gasteiger partial charge is 0.497 e. The van der Waals surface area contributed by atoms with Crippen LogP contribution in [-0.2, 0) is 0 Å². The van der Waals surface area contributed by atoms with Crippen molar-refractivity contribution in [3.63, 3.8) is 0 Å². The van der Waals surface area contributed by atoms with E-state index in [4.69, 9.17) is 9.47 Å². The highest BCUT2D eigenvalue weighted by Crippen LogP contribution is 2.23. The summed E-state index contributed by atoms with van der Waals surface area (Å²) in [6.07, 6.45) is 2.26. The van der Waals surface area contributed by atoms with Crippen molar-refractivity contribution in [3.05, 3.63) is 23.8 Å². The second-order valence-electron chi connectivity index (χ2n) is 3.33. The maximum Gasteiger partial charge on any atom is 0.122 e. The number of rotatable bonds is 5. The Hall–Kier alpha value is -1.18. The molecule has 0 spiro atoms. The topological polar surface area (TPSA) is 18.5 Å². The number of methoxy groups -OCH3 is 1. The van der Waals surface area contributed by atoms with Gasteiger partial charge in [-0.15, -0.1) is 0 Å². The Bertz CT molecular complexity index is 282. The highest BCUT2D eigenvalue weighted by Gasteiger charge is 2.00. The first-order chi connectivity index (χ1) is 6.77. The first-order valence-corrected chi connectivity index (χ1v) is 5.05. The molecule has 0 unspecified atom stereocenters. The van der Waals surface area contributed by atoms with Gasteiger partial charge in [0.1, 0.15) is 11.5 Å². The molecular formula is C12H18O2. The van der Waals surface area contributed by atoms with Crippen LogP contribution in [0.3, 0.4) is 0 Å². The third-order valence-electron chi connectivity index (χ3n) is 2.14. The van der Waals surface area contributed by atoms with Gasteiger partial charge in [-0.1, -0.05) is 13.3 Å². The summed E-state index contributed by atoms with van der Waals surface area (Å²) < 4.78 is 10.7. The normalized spacial score (nSPS) is 9.93. The molecule has 1 rings (SSSR count). The van der Waals surface area contributed by atoms with Crippen LogP contribution in [0.5, 0.6) is 11.5 Å². The molecule has 0 fully saturated rings. The van der Waals surface area contributed by atoms with Crippen molar-refractivity contribution < 1.29 is 9.47 Å². The summed E-state index contributed by atoms with van der Waals surface area (Å²) in [4.78, 5) is 0. The molecule has 0 bridgehead atoms. The summed E-state index contributed by atoms with van der Waals surface area (Å²) in [5, 5.41) is 0. The predicted molar refractivity (Wildman–Crippen MR) is 58.1 cm³/mol. The van der Waals surface area contributed by atoms with Crippen molar-refractivity contribution in [1.29, 1.82) is 0 Å². The molecule has 0 aliphatic heterocycles. The van der Waals surface area contributed by atoms with Gasteiger partial charge in [0.05, 0.1) is 13.7 Å². The Kier molecular flexibility index (Phi) is 4.30. The van der Waals surface area contributed by atoms with Crippen LogP contribution < -0.4 is 9.47 Å². The zero-order valence-electron chi connectivity index (χ0n) is 9.17. The fourth-order valence-corrected chi connectivity index (χ4v) is 1.24. The zero-order chi connectivity index (χ0) is 10.4. The number of unbranched alkanes of at least 4 members (excludes halogenated alkanes) is 1. The lowest BCUT2D eigenvalue weighted by atomic mass is 10.2. The van der Waals surface area contributed by atoms with Crippen LogP contribution in [0.1, 0.15) is 25.3 Å². The quantitative estimate of drug-likeness (QED) is 0.670. The summed E-state index contributed by atoms with van der Waals surface area (Å²) in [6.45, 7) is 4.98. The molecule has 0 aromatic heterocycles. The smallest absolute Gasteiger partial charge is 0.122 e. The minimum Gasteiger partial charge on any atom is -0.497 e. The lowest BCUT2D eigenvalue weighted by Gasteiger charge is -2.09. The molecule has 0 amide bonds. The van der Waals surface area contributed by atoms with E-state index in [0.29, 0.717) is 0 Å². The second kappa shape index (κ2) is 5.53. The molecule has 0 atom stereocenters. The Labute approximate surface area is 85.8 Å². The van der Waals surface area contributed by atoms with E-state index >= 15 is 0 Å². The van der Waals surface area contributed by atoms with Crippen LogP contribution in [0.25, 0.3) is 0 Å². The molecule has 0 heterocycles. The molecule has 1 aromatic rings. The predicted octanol–water partition coefficient (Wildman–Crippen LogP) is 3.18. The van der Waals surface area contributed by atoms with E-state index in [-0.39, 0.29) is 0 Å². The SMILES string of the molecule is CCCCOc1ccc(OC)cc1C. The molecule has 0 saturated carbocycles. The summed E-state index contributed by atoms with van der Waals surface area (Å²) in [7, 11) is 1.67. The van der Waals surface area contributed by atoms with Gasteiger partial charge in [0.25, 0.3) is 0 Å². The van der Waals surface area contributed by atoms with E-state index in [1.54, 1.807) is 7.11 Å². The first-order valence-electron chi connectivity index (χ1n) is 5.05. The van der Waals surface area contributed by atoms with Gasteiger partial charge in [-0.05, 0) is 37.1 Å². The molecular weight excluding hydrogens is 176 g/mol. The number of hydrogen-bond acceptors (Lipinski definition) is 2. The van der Waals surface area contributed by atoms with Crippen molar-refractivity contribution >= 4 is 0 Å². The van der Waals surface area contributed by atoms with Crippen LogP contribution in [0.2, 0.25) is 0 Å². The summed E-state index contributed by atoms with van der Waals surface area (Å²) in [6, 6.07) is 5.87. The average molecular weight is 194 g/mol. The number of hydrogen-bond donors (Lipinski definition) is 0. The molecule has 0 radical (unpaired) electrons. The van der Waals surface area contributed by atoms with Crippen LogP contribution in [-0.4, -0.2) is 13.7 Å². The minimum atomic E-state index is 0.795. The second-order valence-corrected chi connectivity index (χ2v) is 3.33. The van der Waals surface area contributed by atoms with Crippen molar-refractivity contribution in [2.75, 3.05) is 13.7 Å². The van der Waals surface area contributed by atoms with Crippen molar-refractivity contribution in [2.24, 2.45) is 0 Å². The van der Waals surface area contributed by atoms with Gasteiger partial charge in [-0.2, -0.15) is 0 Å². The summed E-state index contributed by atoms with van der Waals surface area (Å²) >= 11 is 0. The van der Waals surface area contributed by atoms with Crippen molar-refractivity contribution in [1.82, 2.24) is 0 Å². The molecule has 0 aliphatic carbocycles. The van der Waals surface area contributed by atoms with Gasteiger partial charge in [0.15, 0.2) is 0 Å². The molecule has 0 saturated heterocycles. The fourth-order valence-electron chi connectivity index (χ4n) is 1.24. The van der Waals surface area contributed by atoms with Crippen molar-refractivity contribution in [3.8, 4) is 11.5 Å². The lowest BCUT2D eigenvalue weighted by molar-refractivity contribution is 0.306. The van der Waals surface area contributed by atoms with Gasteiger partial charge in [-0.3, -0.25) is 0 Å². The minimum absolute atomic E-state index is 0.795. The van der Waals surface area contributed by atoms with E-state index in [0.717, 1.165) is 36.5 Å². The van der Waals surface area contributed by atoms with Gasteiger partial charge in [0, 0.05) is 0 Å². The highest BCUT2D eigenvalue weighted by molar-refractivity contribution is 5.39. The van der Waals surface area contributed by atoms with E-state index < -0.39 is 0 Å². The van der Waals surface area contributed by atoms with Crippen LogP contribution in [0.15, 0.2) is 18.2 Å². The Balaban J connectivity index is 2.59. The van der Waals surface area contributed by atoms with Crippen LogP contribution in [0, 0.1) is 6.92 Å². The van der Waals surface area contributed by atoms with Crippen LogP contribution >= 0.6 is 0 Å². The Morgan fingerprint density at radius 3 is 2.64 bits per heavy atom. The van der Waals surface area contributed by atoms with E-state index in [1.807, 2.05) is 25.1 Å². The van der Waals surface area contributed by atoms with Gasteiger partial charge in [-0.25, -0.2) is 0 Å². The number of aryl methyl sites for hydroxylation is 1. The van der Waals surface area contributed by atoms with Crippen LogP contribution in [0.4, 0.5) is 0 Å². The summed E-state index contributed by atoms with van der Waals surface area (Å²) in [5.74, 6) is 1.84. The number of benzene rings is 1. The Morgan fingerprint density at radius 1 is 1.29 bits per heavy atom. The molecule has 2 nitrogen and oxygen atoms in total. The Morgan fingerprint density at radius 2 is 2.07 bits per heavy atom. The van der Waals surface area contributed by atoms with E-state index in [1.165, 1.54) is 0 Å². The average Bonchev–Trinajstić information content (AvgIpc) is 2.20. The molecule has 0 aliphatic rings. The van der Waals surface area contributed by atoms with Gasteiger partial charge in [0.2, 0.25) is 0 Å². The fraction of sp³-hybridized carbons (Fsp3) is 0.500. The zero-order valence-corrected chi connectivity index (χ0v) is 9.17. The lowest BCUT2D eigenvalue weighted by Crippen LogP contribution is -1.98. The van der Waals surface area contributed by atoms with Gasteiger partial charge < -0.3 is 9.47 Å². The monoisotopic (exact) mass is 194 g/mol. The third-order valence-corrected chi connectivity index (χ3v) is 2.14. The first kappa shape index (κ1) is 10.9.